The van der Waals surface area contributed by atoms with Crippen molar-refractivity contribution in [2.75, 3.05) is 26.3 Å². The molecule has 1 aliphatic rings. The average Bonchev–Trinajstić information content (AvgIpc) is 2.93. The summed E-state index contributed by atoms with van der Waals surface area (Å²) in [7, 11) is 0. The molecule has 1 aromatic rings. The summed E-state index contributed by atoms with van der Waals surface area (Å²) >= 11 is 0. The minimum absolute atomic E-state index is 0.0218. The zero-order valence-electron chi connectivity index (χ0n) is 10.8. The minimum atomic E-state index is -0.125. The van der Waals surface area contributed by atoms with Gasteiger partial charge in [0, 0.05) is 19.1 Å². The van der Waals surface area contributed by atoms with Crippen LogP contribution >= 0.6 is 0 Å². The molecule has 0 spiro atoms. The van der Waals surface area contributed by atoms with E-state index in [9.17, 15) is 5.11 Å². The Morgan fingerprint density at radius 1 is 1.61 bits per heavy atom. The van der Waals surface area contributed by atoms with Gasteiger partial charge in [0.05, 0.1) is 31.6 Å². The second-order valence-electron chi connectivity index (χ2n) is 4.70. The fourth-order valence-corrected chi connectivity index (χ4v) is 2.45. The summed E-state index contributed by atoms with van der Waals surface area (Å²) in [6.45, 7) is 4.25. The number of aliphatic hydroxyl groups is 1. The maximum Gasteiger partial charge on any atom is 0.122 e. The molecule has 0 saturated carbocycles. The zero-order chi connectivity index (χ0) is 13.0. The Labute approximate surface area is 108 Å². The number of nitrogens with two attached hydrogens (primary N) is 1. The van der Waals surface area contributed by atoms with Crippen molar-refractivity contribution in [2.24, 2.45) is 5.73 Å². The van der Waals surface area contributed by atoms with Gasteiger partial charge in [-0.25, -0.2) is 0 Å². The SMILES string of the molecule is CCC(N)C(c1ccco1)N1CCOC(CO)C1. The molecule has 18 heavy (non-hydrogen) atoms. The van der Waals surface area contributed by atoms with E-state index in [4.69, 9.17) is 14.9 Å². The summed E-state index contributed by atoms with van der Waals surface area (Å²) in [5.41, 5.74) is 6.22. The summed E-state index contributed by atoms with van der Waals surface area (Å²) in [6.07, 6.45) is 2.43. The number of aliphatic hydroxyl groups excluding tert-OH is 1. The lowest BCUT2D eigenvalue weighted by Gasteiger charge is -2.39. The van der Waals surface area contributed by atoms with E-state index >= 15 is 0 Å². The Balaban J connectivity index is 2.13. The lowest BCUT2D eigenvalue weighted by Crippen LogP contribution is -2.50. The van der Waals surface area contributed by atoms with Crippen molar-refractivity contribution >= 4 is 0 Å². The number of rotatable bonds is 5. The van der Waals surface area contributed by atoms with E-state index in [0.717, 1.165) is 18.7 Å². The minimum Gasteiger partial charge on any atom is -0.468 e. The highest BCUT2D eigenvalue weighted by atomic mass is 16.5. The standard InChI is InChI=1S/C13H22N2O3/c1-2-11(14)13(12-4-3-6-18-12)15-5-7-17-10(8-15)9-16/h3-4,6,10-11,13,16H,2,5,7-9,14H2,1H3. The summed E-state index contributed by atoms with van der Waals surface area (Å²) < 4.78 is 11.0. The summed E-state index contributed by atoms with van der Waals surface area (Å²) in [5.74, 6) is 0.892. The van der Waals surface area contributed by atoms with Crippen LogP contribution < -0.4 is 5.73 Å². The van der Waals surface area contributed by atoms with Crippen LogP contribution in [0.15, 0.2) is 22.8 Å². The van der Waals surface area contributed by atoms with Crippen LogP contribution in [0.25, 0.3) is 0 Å². The average molecular weight is 254 g/mol. The number of furan rings is 1. The molecule has 1 aliphatic heterocycles. The van der Waals surface area contributed by atoms with Gasteiger partial charge in [0.25, 0.3) is 0 Å². The molecule has 102 valence electrons. The van der Waals surface area contributed by atoms with Gasteiger partial charge in [0.2, 0.25) is 0 Å². The first-order chi connectivity index (χ1) is 8.76. The van der Waals surface area contributed by atoms with Gasteiger partial charge in [0.15, 0.2) is 0 Å². The van der Waals surface area contributed by atoms with Gasteiger partial charge in [-0.05, 0) is 18.6 Å². The Bertz CT molecular complexity index is 342. The number of hydrogen-bond donors (Lipinski definition) is 2. The normalized spacial score (nSPS) is 24.9. The molecule has 0 aromatic carbocycles. The van der Waals surface area contributed by atoms with Gasteiger partial charge in [-0.3, -0.25) is 4.90 Å². The fourth-order valence-electron chi connectivity index (χ4n) is 2.45. The van der Waals surface area contributed by atoms with Crippen molar-refractivity contribution in [2.45, 2.75) is 31.5 Å². The third-order valence-corrected chi connectivity index (χ3v) is 3.48. The molecule has 1 aromatic heterocycles. The monoisotopic (exact) mass is 254 g/mol. The van der Waals surface area contributed by atoms with Crippen LogP contribution in [0.4, 0.5) is 0 Å². The van der Waals surface area contributed by atoms with Gasteiger partial charge in [-0.15, -0.1) is 0 Å². The van der Waals surface area contributed by atoms with Crippen LogP contribution in [-0.2, 0) is 4.74 Å². The molecule has 2 heterocycles. The van der Waals surface area contributed by atoms with E-state index < -0.39 is 0 Å². The highest BCUT2D eigenvalue weighted by molar-refractivity contribution is 5.08. The number of hydrogen-bond acceptors (Lipinski definition) is 5. The molecule has 3 atom stereocenters. The molecule has 0 radical (unpaired) electrons. The largest absolute Gasteiger partial charge is 0.468 e. The van der Waals surface area contributed by atoms with Gasteiger partial charge in [0.1, 0.15) is 5.76 Å². The van der Waals surface area contributed by atoms with Crippen molar-refractivity contribution < 1.29 is 14.3 Å². The molecular formula is C13H22N2O3. The predicted molar refractivity (Wildman–Crippen MR) is 68.1 cm³/mol. The lowest BCUT2D eigenvalue weighted by molar-refractivity contribution is -0.0706. The Kier molecular flexibility index (Phi) is 4.77. The molecule has 3 N–H and O–H groups in total. The van der Waals surface area contributed by atoms with Crippen LogP contribution in [0, 0.1) is 0 Å². The van der Waals surface area contributed by atoms with Crippen LogP contribution in [0.5, 0.6) is 0 Å². The third kappa shape index (κ3) is 2.92. The van der Waals surface area contributed by atoms with E-state index in [1.54, 1.807) is 6.26 Å². The first-order valence-electron chi connectivity index (χ1n) is 6.51. The lowest BCUT2D eigenvalue weighted by atomic mass is 10.0. The van der Waals surface area contributed by atoms with Crippen molar-refractivity contribution in [1.82, 2.24) is 4.90 Å². The van der Waals surface area contributed by atoms with E-state index in [1.807, 2.05) is 12.1 Å². The molecule has 5 heteroatoms. The molecule has 1 fully saturated rings. The Morgan fingerprint density at radius 2 is 2.44 bits per heavy atom. The molecule has 0 bridgehead atoms. The van der Waals surface area contributed by atoms with E-state index in [2.05, 4.69) is 11.8 Å². The highest BCUT2D eigenvalue weighted by Crippen LogP contribution is 2.27. The van der Waals surface area contributed by atoms with Gasteiger partial charge in [-0.1, -0.05) is 6.92 Å². The molecule has 3 unspecified atom stereocenters. The van der Waals surface area contributed by atoms with Crippen molar-refractivity contribution in [3.05, 3.63) is 24.2 Å². The molecule has 0 amide bonds. The first kappa shape index (κ1) is 13.5. The quantitative estimate of drug-likeness (QED) is 0.811. The molecule has 0 aliphatic carbocycles. The highest BCUT2D eigenvalue weighted by Gasteiger charge is 2.32. The van der Waals surface area contributed by atoms with E-state index in [0.29, 0.717) is 13.2 Å². The van der Waals surface area contributed by atoms with E-state index in [1.165, 1.54) is 0 Å². The van der Waals surface area contributed by atoms with Gasteiger partial charge < -0.3 is 20.0 Å². The van der Waals surface area contributed by atoms with Crippen molar-refractivity contribution in [3.63, 3.8) is 0 Å². The first-order valence-corrected chi connectivity index (χ1v) is 6.51. The molecular weight excluding hydrogens is 232 g/mol. The number of nitrogens with zero attached hydrogens (tertiary/aromatic N) is 1. The fraction of sp³-hybridized carbons (Fsp3) is 0.692. The van der Waals surface area contributed by atoms with Gasteiger partial charge >= 0.3 is 0 Å². The van der Waals surface area contributed by atoms with Crippen LogP contribution in [-0.4, -0.2) is 48.5 Å². The Morgan fingerprint density at radius 3 is 3.06 bits per heavy atom. The van der Waals surface area contributed by atoms with E-state index in [-0.39, 0.29) is 24.8 Å². The van der Waals surface area contributed by atoms with Gasteiger partial charge in [-0.2, -0.15) is 0 Å². The zero-order valence-corrected chi connectivity index (χ0v) is 10.8. The number of morpholine rings is 1. The molecule has 5 nitrogen and oxygen atoms in total. The second kappa shape index (κ2) is 6.33. The van der Waals surface area contributed by atoms with Crippen molar-refractivity contribution in [1.29, 1.82) is 0 Å². The molecule has 1 saturated heterocycles. The van der Waals surface area contributed by atoms with Crippen molar-refractivity contribution in [3.8, 4) is 0 Å². The third-order valence-electron chi connectivity index (χ3n) is 3.48. The topological polar surface area (TPSA) is 71.9 Å². The molecule has 2 rings (SSSR count). The summed E-state index contributed by atoms with van der Waals surface area (Å²) in [5, 5.41) is 9.21. The predicted octanol–water partition coefficient (Wildman–Crippen LogP) is 0.751. The second-order valence-corrected chi connectivity index (χ2v) is 4.70. The summed E-state index contributed by atoms with van der Waals surface area (Å²) in [6, 6.07) is 3.93. The summed E-state index contributed by atoms with van der Waals surface area (Å²) in [4.78, 5) is 2.25. The van der Waals surface area contributed by atoms with Crippen LogP contribution in [0.2, 0.25) is 0 Å². The number of ether oxygens (including phenoxy) is 1. The van der Waals surface area contributed by atoms with Crippen LogP contribution in [0.1, 0.15) is 25.1 Å². The van der Waals surface area contributed by atoms with Crippen LogP contribution in [0.3, 0.4) is 0 Å². The maximum atomic E-state index is 9.21. The smallest absolute Gasteiger partial charge is 0.122 e. The maximum absolute atomic E-state index is 9.21. The Hall–Kier alpha value is -0.880.